The number of piperazine rings is 1. The number of benzene rings is 1. The molecule has 108 valence electrons. The molecule has 3 nitrogen and oxygen atoms in total. The molecule has 1 aliphatic carbocycles. The first-order chi connectivity index (χ1) is 9.63. The number of halogens is 2. The summed E-state index contributed by atoms with van der Waals surface area (Å²) in [6.07, 6.45) is 2.21. The van der Waals surface area contributed by atoms with E-state index in [1.807, 2.05) is 0 Å². The van der Waals surface area contributed by atoms with Crippen LogP contribution in [0.2, 0.25) is 0 Å². The molecular weight excluding hydrogens is 262 g/mol. The summed E-state index contributed by atoms with van der Waals surface area (Å²) >= 11 is 0. The molecule has 1 aliphatic heterocycles. The zero-order chi connectivity index (χ0) is 14.2. The maximum absolute atomic E-state index is 14.1. The van der Waals surface area contributed by atoms with Crippen LogP contribution in [0.5, 0.6) is 0 Å². The van der Waals surface area contributed by atoms with E-state index in [0.717, 1.165) is 25.6 Å². The van der Waals surface area contributed by atoms with Gasteiger partial charge in [-0.1, -0.05) is 12.5 Å². The van der Waals surface area contributed by atoms with E-state index in [-0.39, 0.29) is 5.91 Å². The number of rotatable bonds is 2. The van der Waals surface area contributed by atoms with Crippen molar-refractivity contribution in [2.75, 3.05) is 26.2 Å². The topological polar surface area (TPSA) is 32.3 Å². The van der Waals surface area contributed by atoms with Crippen LogP contribution in [0, 0.1) is 11.6 Å². The highest BCUT2D eigenvalue weighted by molar-refractivity contribution is 5.89. The maximum Gasteiger partial charge on any atom is 0.233 e. The third-order valence-corrected chi connectivity index (χ3v) is 4.47. The van der Waals surface area contributed by atoms with Gasteiger partial charge in [-0.15, -0.1) is 0 Å². The largest absolute Gasteiger partial charge is 0.339 e. The minimum atomic E-state index is -0.769. The van der Waals surface area contributed by atoms with Crippen LogP contribution in [0.15, 0.2) is 18.2 Å². The van der Waals surface area contributed by atoms with Crippen LogP contribution < -0.4 is 5.32 Å². The number of carbonyl (C=O) groups is 1. The highest BCUT2D eigenvalue weighted by Crippen LogP contribution is 2.46. The molecule has 2 fully saturated rings. The zero-order valence-corrected chi connectivity index (χ0v) is 11.3. The first-order valence-electron chi connectivity index (χ1n) is 7.09. The second kappa shape index (κ2) is 5.13. The highest BCUT2D eigenvalue weighted by Gasteiger charge is 2.49. The van der Waals surface area contributed by atoms with Gasteiger partial charge in [0.2, 0.25) is 5.91 Å². The molecule has 1 aromatic carbocycles. The third-order valence-electron chi connectivity index (χ3n) is 4.47. The lowest BCUT2D eigenvalue weighted by Gasteiger charge is -2.45. The van der Waals surface area contributed by atoms with Crippen molar-refractivity contribution in [1.29, 1.82) is 0 Å². The van der Waals surface area contributed by atoms with E-state index in [0.29, 0.717) is 31.5 Å². The van der Waals surface area contributed by atoms with Gasteiger partial charge in [-0.3, -0.25) is 4.79 Å². The third kappa shape index (κ3) is 2.10. The summed E-state index contributed by atoms with van der Waals surface area (Å²) in [5.41, 5.74) is -0.413. The van der Waals surface area contributed by atoms with Gasteiger partial charge in [0.25, 0.3) is 0 Å². The Morgan fingerprint density at radius 3 is 2.45 bits per heavy atom. The molecule has 1 heterocycles. The van der Waals surface area contributed by atoms with Crippen molar-refractivity contribution in [3.63, 3.8) is 0 Å². The van der Waals surface area contributed by atoms with Crippen LogP contribution in [0.4, 0.5) is 8.78 Å². The second-order valence-corrected chi connectivity index (χ2v) is 5.60. The van der Waals surface area contributed by atoms with Crippen molar-refractivity contribution in [3.8, 4) is 0 Å². The molecule has 20 heavy (non-hydrogen) atoms. The van der Waals surface area contributed by atoms with Crippen LogP contribution in [0.3, 0.4) is 0 Å². The van der Waals surface area contributed by atoms with Gasteiger partial charge in [-0.25, -0.2) is 8.78 Å². The van der Waals surface area contributed by atoms with Gasteiger partial charge in [0.05, 0.1) is 5.41 Å². The molecule has 1 aromatic rings. The molecule has 1 N–H and O–H groups in total. The van der Waals surface area contributed by atoms with Crippen molar-refractivity contribution in [2.45, 2.75) is 24.7 Å². The lowest BCUT2D eigenvalue weighted by molar-refractivity contribution is -0.141. The average Bonchev–Trinajstić information content (AvgIpc) is 2.40. The predicted octanol–water partition coefficient (Wildman–Crippen LogP) is 1.82. The van der Waals surface area contributed by atoms with E-state index in [9.17, 15) is 13.6 Å². The Balaban J connectivity index is 1.92. The Morgan fingerprint density at radius 2 is 1.90 bits per heavy atom. The van der Waals surface area contributed by atoms with Gasteiger partial charge in [-0.2, -0.15) is 0 Å². The zero-order valence-electron chi connectivity index (χ0n) is 11.3. The van der Waals surface area contributed by atoms with E-state index < -0.39 is 17.0 Å². The Hall–Kier alpha value is -1.49. The van der Waals surface area contributed by atoms with E-state index in [1.54, 1.807) is 4.90 Å². The van der Waals surface area contributed by atoms with E-state index in [1.165, 1.54) is 12.1 Å². The number of nitrogens with zero attached hydrogens (tertiary/aromatic N) is 1. The minimum absolute atomic E-state index is 0.00393. The number of amides is 1. The number of hydrogen-bond acceptors (Lipinski definition) is 2. The number of hydrogen-bond donors (Lipinski definition) is 1. The molecule has 0 bridgehead atoms. The normalized spacial score (nSPS) is 21.4. The number of carbonyl (C=O) groups excluding carboxylic acids is 1. The van der Waals surface area contributed by atoms with Crippen LogP contribution >= 0.6 is 0 Å². The monoisotopic (exact) mass is 280 g/mol. The fourth-order valence-corrected chi connectivity index (χ4v) is 3.18. The molecule has 0 atom stereocenters. The molecule has 0 aromatic heterocycles. The smallest absolute Gasteiger partial charge is 0.233 e. The molecule has 1 saturated carbocycles. The summed E-state index contributed by atoms with van der Waals surface area (Å²) in [4.78, 5) is 14.6. The fraction of sp³-hybridized carbons (Fsp3) is 0.533. The van der Waals surface area contributed by atoms with Crippen molar-refractivity contribution >= 4 is 5.91 Å². The van der Waals surface area contributed by atoms with Gasteiger partial charge >= 0.3 is 0 Å². The molecule has 0 unspecified atom stereocenters. The van der Waals surface area contributed by atoms with Crippen LogP contribution in [-0.4, -0.2) is 37.0 Å². The SMILES string of the molecule is O=C(N1CCNCC1)C1(c2ccc(F)cc2F)CCC1. The van der Waals surface area contributed by atoms with Crippen LogP contribution in [-0.2, 0) is 10.2 Å². The number of nitrogens with one attached hydrogen (secondary N) is 1. The van der Waals surface area contributed by atoms with Gasteiger partial charge in [0.1, 0.15) is 11.6 Å². The maximum atomic E-state index is 14.1. The summed E-state index contributed by atoms with van der Waals surface area (Å²) < 4.78 is 27.1. The lowest BCUT2D eigenvalue weighted by Crippen LogP contribution is -2.56. The average molecular weight is 280 g/mol. The van der Waals surface area contributed by atoms with Crippen LogP contribution in [0.25, 0.3) is 0 Å². The molecule has 2 aliphatic rings. The van der Waals surface area contributed by atoms with E-state index >= 15 is 0 Å². The Bertz CT molecular complexity index is 523. The molecule has 0 spiro atoms. The summed E-state index contributed by atoms with van der Waals surface area (Å²) in [7, 11) is 0. The first-order valence-corrected chi connectivity index (χ1v) is 7.09. The van der Waals surface area contributed by atoms with Crippen molar-refractivity contribution in [2.24, 2.45) is 0 Å². The van der Waals surface area contributed by atoms with Crippen LogP contribution in [0.1, 0.15) is 24.8 Å². The molecule has 1 amide bonds. The van der Waals surface area contributed by atoms with Gasteiger partial charge < -0.3 is 10.2 Å². The lowest BCUT2D eigenvalue weighted by atomic mass is 9.63. The fourth-order valence-electron chi connectivity index (χ4n) is 3.18. The molecule has 5 heteroatoms. The Kier molecular flexibility index (Phi) is 3.46. The summed E-state index contributed by atoms with van der Waals surface area (Å²) in [6.45, 7) is 2.86. The molecule has 0 radical (unpaired) electrons. The molecule has 1 saturated heterocycles. The quantitative estimate of drug-likeness (QED) is 0.896. The summed E-state index contributed by atoms with van der Waals surface area (Å²) in [6, 6.07) is 3.55. The Labute approximate surface area is 117 Å². The Morgan fingerprint density at radius 1 is 1.20 bits per heavy atom. The van der Waals surface area contributed by atoms with Crippen molar-refractivity contribution in [1.82, 2.24) is 10.2 Å². The molecular formula is C15H18F2N2O. The molecule has 3 rings (SSSR count). The van der Waals surface area contributed by atoms with E-state index in [2.05, 4.69) is 5.32 Å². The summed E-state index contributed by atoms with van der Waals surface area (Å²) in [5, 5.41) is 3.20. The predicted molar refractivity (Wildman–Crippen MR) is 71.3 cm³/mol. The van der Waals surface area contributed by atoms with Crippen molar-refractivity contribution < 1.29 is 13.6 Å². The second-order valence-electron chi connectivity index (χ2n) is 5.60. The highest BCUT2D eigenvalue weighted by atomic mass is 19.1. The summed E-state index contributed by atoms with van der Waals surface area (Å²) in [5.74, 6) is -1.21. The van der Waals surface area contributed by atoms with Gasteiger partial charge in [0, 0.05) is 37.8 Å². The van der Waals surface area contributed by atoms with E-state index in [4.69, 9.17) is 0 Å². The van der Waals surface area contributed by atoms with Gasteiger partial charge in [0.15, 0.2) is 0 Å². The van der Waals surface area contributed by atoms with Gasteiger partial charge in [-0.05, 0) is 18.9 Å². The standard InChI is InChI=1S/C15H18F2N2O/c16-11-2-3-12(13(17)10-11)15(4-1-5-15)14(20)19-8-6-18-7-9-19/h2-3,10,18H,1,4-9H2. The van der Waals surface area contributed by atoms with Crippen molar-refractivity contribution in [3.05, 3.63) is 35.4 Å². The minimum Gasteiger partial charge on any atom is -0.339 e. The first kappa shape index (κ1) is 13.5.